The Hall–Kier alpha value is -1.32. The van der Waals surface area contributed by atoms with Gasteiger partial charge in [0.05, 0.1) is 6.61 Å². The lowest BCUT2D eigenvalue weighted by Gasteiger charge is -2.14. The van der Waals surface area contributed by atoms with Crippen molar-refractivity contribution in [2.75, 3.05) is 19.7 Å². The lowest BCUT2D eigenvalue weighted by atomic mass is 10.2. The Balaban J connectivity index is 1.89. The molecule has 0 aromatic rings. The number of ether oxygens (including phenoxy) is 1. The second-order valence-electron chi connectivity index (χ2n) is 5.26. The molecule has 1 heterocycles. The third-order valence-electron chi connectivity index (χ3n) is 3.45. The lowest BCUT2D eigenvalue weighted by Crippen LogP contribution is -2.25. The van der Waals surface area contributed by atoms with Crippen molar-refractivity contribution in [1.82, 2.24) is 4.90 Å². The van der Waals surface area contributed by atoms with Crippen LogP contribution < -0.4 is 0 Å². The van der Waals surface area contributed by atoms with E-state index in [9.17, 15) is 9.59 Å². The Kier molecular flexibility index (Phi) is 8.76. The molecule has 1 fully saturated rings. The number of rotatable bonds is 10. The predicted molar refractivity (Wildman–Crippen MR) is 79.3 cm³/mol. The molecule has 1 saturated heterocycles. The maximum atomic E-state index is 11.4. The van der Waals surface area contributed by atoms with E-state index in [1.54, 1.807) is 0 Å². The van der Waals surface area contributed by atoms with Crippen LogP contribution in [0.2, 0.25) is 0 Å². The van der Waals surface area contributed by atoms with Crippen molar-refractivity contribution in [3.05, 3.63) is 12.2 Å². The molecule has 114 valence electrons. The minimum absolute atomic E-state index is 0.235. The number of carbonyl (C=O) groups is 2. The van der Waals surface area contributed by atoms with Gasteiger partial charge in [0.1, 0.15) is 0 Å². The minimum atomic E-state index is -0.235. The highest BCUT2D eigenvalue weighted by Gasteiger charge is 2.18. The van der Waals surface area contributed by atoms with Crippen LogP contribution in [0.25, 0.3) is 0 Å². The van der Waals surface area contributed by atoms with Crippen molar-refractivity contribution in [1.29, 1.82) is 0 Å². The molecule has 0 bridgehead atoms. The fourth-order valence-corrected chi connectivity index (χ4v) is 2.27. The van der Waals surface area contributed by atoms with E-state index in [2.05, 4.69) is 6.92 Å². The largest absolute Gasteiger partial charge is 0.463 e. The molecule has 4 nitrogen and oxygen atoms in total. The molecule has 4 heteroatoms. The molecule has 0 N–H and O–H groups in total. The number of hydrogen-bond donors (Lipinski definition) is 0. The van der Waals surface area contributed by atoms with Crippen LogP contribution in [0.15, 0.2) is 12.2 Å². The zero-order valence-corrected chi connectivity index (χ0v) is 12.6. The van der Waals surface area contributed by atoms with Gasteiger partial charge in [-0.1, -0.05) is 25.8 Å². The molecule has 0 aromatic carbocycles. The fraction of sp³-hybridized carbons (Fsp3) is 0.750. The highest BCUT2D eigenvalue weighted by atomic mass is 16.5. The molecule has 0 unspecified atom stereocenters. The molecule has 0 radical (unpaired) electrons. The van der Waals surface area contributed by atoms with Crippen LogP contribution in [-0.4, -0.2) is 36.5 Å². The third kappa shape index (κ3) is 7.31. The Labute approximate surface area is 122 Å². The molecule has 0 spiro atoms. The summed E-state index contributed by atoms with van der Waals surface area (Å²) < 4.78 is 5.10. The number of amides is 1. The van der Waals surface area contributed by atoms with Crippen LogP contribution in [0.4, 0.5) is 0 Å². The normalized spacial score (nSPS) is 15.2. The van der Waals surface area contributed by atoms with Gasteiger partial charge >= 0.3 is 5.97 Å². The average Bonchev–Trinajstić information content (AvgIpc) is 2.83. The van der Waals surface area contributed by atoms with Crippen molar-refractivity contribution in [2.24, 2.45) is 0 Å². The van der Waals surface area contributed by atoms with Gasteiger partial charge in [0, 0.05) is 25.6 Å². The van der Waals surface area contributed by atoms with Crippen molar-refractivity contribution in [2.45, 2.75) is 58.3 Å². The number of nitrogens with zero attached hydrogens (tertiary/aromatic N) is 1. The summed E-state index contributed by atoms with van der Waals surface area (Å²) in [5.74, 6) is 0.0684. The number of hydrogen-bond acceptors (Lipinski definition) is 3. The third-order valence-corrected chi connectivity index (χ3v) is 3.45. The Morgan fingerprint density at radius 3 is 2.80 bits per heavy atom. The quantitative estimate of drug-likeness (QED) is 0.351. The summed E-state index contributed by atoms with van der Waals surface area (Å²) in [6.45, 7) is 4.39. The Bertz CT molecular complexity index is 326. The molecule has 1 amide bonds. The van der Waals surface area contributed by atoms with E-state index in [0.29, 0.717) is 12.5 Å². The SMILES string of the molecule is CCC/C=C\C(=O)OCCCCCCN1CCCC1=O. The van der Waals surface area contributed by atoms with Gasteiger partial charge in [-0.2, -0.15) is 0 Å². The van der Waals surface area contributed by atoms with Crippen LogP contribution >= 0.6 is 0 Å². The molecular weight excluding hydrogens is 254 g/mol. The van der Waals surface area contributed by atoms with Gasteiger partial charge in [-0.05, 0) is 32.1 Å². The number of unbranched alkanes of at least 4 members (excludes halogenated alkanes) is 4. The molecular formula is C16H27NO3. The summed E-state index contributed by atoms with van der Waals surface area (Å²) in [5.41, 5.74) is 0. The first kappa shape index (κ1) is 16.7. The van der Waals surface area contributed by atoms with E-state index in [-0.39, 0.29) is 5.97 Å². The molecule has 1 aliphatic rings. The van der Waals surface area contributed by atoms with Crippen molar-refractivity contribution in [3.8, 4) is 0 Å². The van der Waals surface area contributed by atoms with E-state index >= 15 is 0 Å². The number of esters is 1. The van der Waals surface area contributed by atoms with Crippen LogP contribution in [0.3, 0.4) is 0 Å². The average molecular weight is 281 g/mol. The highest BCUT2D eigenvalue weighted by Crippen LogP contribution is 2.11. The minimum Gasteiger partial charge on any atom is -0.463 e. The molecule has 1 aliphatic heterocycles. The molecule has 20 heavy (non-hydrogen) atoms. The maximum absolute atomic E-state index is 11.4. The summed E-state index contributed by atoms with van der Waals surface area (Å²) in [4.78, 5) is 24.6. The standard InChI is InChI=1S/C16H27NO3/c1-2-3-6-11-16(19)20-14-8-5-4-7-12-17-13-9-10-15(17)18/h6,11H,2-5,7-10,12-14H2,1H3/b11-6-. The van der Waals surface area contributed by atoms with E-state index in [0.717, 1.165) is 64.5 Å². The smallest absolute Gasteiger partial charge is 0.330 e. The van der Waals surface area contributed by atoms with Crippen LogP contribution in [-0.2, 0) is 14.3 Å². The molecule has 0 aliphatic carbocycles. The van der Waals surface area contributed by atoms with Crippen LogP contribution in [0, 0.1) is 0 Å². The second kappa shape index (κ2) is 10.5. The van der Waals surface area contributed by atoms with Crippen LogP contribution in [0.1, 0.15) is 58.3 Å². The van der Waals surface area contributed by atoms with Crippen molar-refractivity contribution in [3.63, 3.8) is 0 Å². The molecule has 0 saturated carbocycles. The zero-order chi connectivity index (χ0) is 14.6. The number of carbonyl (C=O) groups excluding carboxylic acids is 2. The zero-order valence-electron chi connectivity index (χ0n) is 12.6. The Morgan fingerprint density at radius 1 is 1.30 bits per heavy atom. The fourth-order valence-electron chi connectivity index (χ4n) is 2.27. The maximum Gasteiger partial charge on any atom is 0.330 e. The van der Waals surface area contributed by atoms with Gasteiger partial charge in [-0.25, -0.2) is 4.79 Å². The molecule has 1 rings (SSSR count). The summed E-state index contributed by atoms with van der Waals surface area (Å²) in [5, 5.41) is 0. The number of likely N-dealkylation sites (tertiary alicyclic amines) is 1. The number of allylic oxidation sites excluding steroid dienone is 1. The van der Waals surface area contributed by atoms with Gasteiger partial charge in [-0.15, -0.1) is 0 Å². The molecule has 0 atom stereocenters. The second-order valence-corrected chi connectivity index (χ2v) is 5.26. The van der Waals surface area contributed by atoms with E-state index in [1.165, 1.54) is 6.08 Å². The van der Waals surface area contributed by atoms with E-state index < -0.39 is 0 Å². The first-order valence-electron chi connectivity index (χ1n) is 7.85. The first-order valence-corrected chi connectivity index (χ1v) is 7.85. The molecule has 0 aromatic heterocycles. The van der Waals surface area contributed by atoms with Gasteiger partial charge in [0.25, 0.3) is 0 Å². The van der Waals surface area contributed by atoms with Gasteiger partial charge in [0.15, 0.2) is 0 Å². The summed E-state index contributed by atoms with van der Waals surface area (Å²) >= 11 is 0. The van der Waals surface area contributed by atoms with Crippen LogP contribution in [0.5, 0.6) is 0 Å². The summed E-state index contributed by atoms with van der Waals surface area (Å²) in [6, 6.07) is 0. The monoisotopic (exact) mass is 281 g/mol. The van der Waals surface area contributed by atoms with Gasteiger partial charge < -0.3 is 9.64 Å². The summed E-state index contributed by atoms with van der Waals surface area (Å²) in [6.07, 6.45) is 11.2. The Morgan fingerprint density at radius 2 is 2.10 bits per heavy atom. The van der Waals surface area contributed by atoms with Gasteiger partial charge in [-0.3, -0.25) is 4.79 Å². The topological polar surface area (TPSA) is 46.6 Å². The van der Waals surface area contributed by atoms with Crippen molar-refractivity contribution >= 4 is 11.9 Å². The first-order chi connectivity index (χ1) is 9.74. The van der Waals surface area contributed by atoms with E-state index in [1.807, 2.05) is 11.0 Å². The van der Waals surface area contributed by atoms with E-state index in [4.69, 9.17) is 4.74 Å². The van der Waals surface area contributed by atoms with Gasteiger partial charge in [0.2, 0.25) is 5.91 Å². The summed E-state index contributed by atoms with van der Waals surface area (Å²) in [7, 11) is 0. The lowest BCUT2D eigenvalue weighted by molar-refractivity contribution is -0.138. The highest BCUT2D eigenvalue weighted by molar-refractivity contribution is 5.81. The predicted octanol–water partition coefficient (Wildman–Crippen LogP) is 3.07. The van der Waals surface area contributed by atoms with Crippen molar-refractivity contribution < 1.29 is 14.3 Å².